The van der Waals surface area contributed by atoms with Gasteiger partial charge in [0.05, 0.1) is 6.20 Å². The number of hydrogen-bond donors (Lipinski definition) is 0. The first kappa shape index (κ1) is 7.94. The van der Waals surface area contributed by atoms with Crippen LogP contribution in [0.1, 0.15) is 0 Å². The van der Waals surface area contributed by atoms with Gasteiger partial charge in [-0.3, -0.25) is 0 Å². The lowest BCUT2D eigenvalue weighted by atomic mass is 10.5. The zero-order chi connectivity index (χ0) is 8.72. The number of imidazole rings is 1. The molecule has 0 aliphatic rings. The van der Waals surface area contributed by atoms with Crippen LogP contribution in [0, 0.1) is 0 Å². The smallest absolute Gasteiger partial charge is 0.224 e. The molecule has 0 unspecified atom stereocenters. The molecule has 2 heterocycles. The van der Waals surface area contributed by atoms with E-state index in [0.29, 0.717) is 10.4 Å². The van der Waals surface area contributed by atoms with Crippen LogP contribution in [-0.4, -0.2) is 19.5 Å². The van der Waals surface area contributed by atoms with Crippen molar-refractivity contribution in [1.82, 2.24) is 19.5 Å². The van der Waals surface area contributed by atoms with Crippen molar-refractivity contribution in [3.8, 4) is 0 Å². The van der Waals surface area contributed by atoms with Crippen molar-refractivity contribution < 1.29 is 0 Å². The molecule has 0 aromatic carbocycles. The summed E-state index contributed by atoms with van der Waals surface area (Å²) in [4.78, 5) is 11.9. The van der Waals surface area contributed by atoms with Crippen LogP contribution in [0.3, 0.4) is 0 Å². The zero-order valence-corrected chi connectivity index (χ0v) is 8.46. The van der Waals surface area contributed by atoms with Crippen LogP contribution in [0.25, 0.3) is 11.2 Å². The van der Waals surface area contributed by atoms with Gasteiger partial charge >= 0.3 is 0 Å². The second kappa shape index (κ2) is 2.67. The highest BCUT2D eigenvalue weighted by molar-refractivity contribution is 9.10. The third-order valence-electron chi connectivity index (χ3n) is 1.56. The predicted octanol–water partition coefficient (Wildman–Crippen LogP) is 1.78. The number of hydrogen-bond acceptors (Lipinski definition) is 3. The van der Waals surface area contributed by atoms with Crippen molar-refractivity contribution in [3.05, 3.63) is 16.2 Å². The SMILES string of the molecule is Cn1c(Br)nc2nc(Cl)ncc21. The number of aryl methyl sites for hydroxylation is 1. The minimum atomic E-state index is 0.216. The molecule has 12 heavy (non-hydrogen) atoms. The molecule has 6 heteroatoms. The normalized spacial score (nSPS) is 10.9. The Morgan fingerprint density at radius 3 is 3.00 bits per heavy atom. The summed E-state index contributed by atoms with van der Waals surface area (Å²) < 4.78 is 2.56. The van der Waals surface area contributed by atoms with E-state index in [-0.39, 0.29) is 5.28 Å². The van der Waals surface area contributed by atoms with Crippen molar-refractivity contribution in [2.75, 3.05) is 0 Å². The molecule has 2 rings (SSSR count). The second-order valence-corrected chi connectivity index (χ2v) is 3.34. The van der Waals surface area contributed by atoms with Gasteiger partial charge in [-0.05, 0) is 27.5 Å². The highest BCUT2D eigenvalue weighted by atomic mass is 79.9. The maximum Gasteiger partial charge on any atom is 0.224 e. The molecule has 2 aromatic rings. The van der Waals surface area contributed by atoms with Crippen LogP contribution in [0.15, 0.2) is 10.9 Å². The Balaban J connectivity index is 2.87. The van der Waals surface area contributed by atoms with Crippen molar-refractivity contribution in [1.29, 1.82) is 0 Å². The van der Waals surface area contributed by atoms with E-state index in [9.17, 15) is 0 Å². The van der Waals surface area contributed by atoms with Crippen molar-refractivity contribution in [2.45, 2.75) is 0 Å². The van der Waals surface area contributed by atoms with Gasteiger partial charge in [-0.1, -0.05) is 0 Å². The number of fused-ring (bicyclic) bond motifs is 1. The maximum atomic E-state index is 5.59. The Hall–Kier alpha value is -0.680. The van der Waals surface area contributed by atoms with Crippen LogP contribution < -0.4 is 0 Å². The van der Waals surface area contributed by atoms with Crippen LogP contribution >= 0.6 is 27.5 Å². The molecule has 0 fully saturated rings. The Bertz CT molecular complexity index is 438. The first-order valence-electron chi connectivity index (χ1n) is 3.19. The summed E-state index contributed by atoms with van der Waals surface area (Å²) in [5.41, 5.74) is 1.45. The van der Waals surface area contributed by atoms with Gasteiger partial charge in [0.2, 0.25) is 5.28 Å². The monoisotopic (exact) mass is 246 g/mol. The lowest BCUT2D eigenvalue weighted by molar-refractivity contribution is 0.910. The lowest BCUT2D eigenvalue weighted by Crippen LogP contribution is -1.88. The number of rotatable bonds is 0. The lowest BCUT2D eigenvalue weighted by Gasteiger charge is -1.92. The fraction of sp³-hybridized carbons (Fsp3) is 0.167. The van der Waals surface area contributed by atoms with Crippen LogP contribution in [-0.2, 0) is 7.05 Å². The minimum absolute atomic E-state index is 0.216. The van der Waals surface area contributed by atoms with Gasteiger partial charge in [0, 0.05) is 7.05 Å². The summed E-state index contributed by atoms with van der Waals surface area (Å²) in [6, 6.07) is 0. The molecular formula is C6H4BrClN4. The molecule has 0 bridgehead atoms. The molecule has 0 radical (unpaired) electrons. The Kier molecular flexibility index (Phi) is 1.77. The van der Waals surface area contributed by atoms with Gasteiger partial charge < -0.3 is 4.57 Å². The van der Waals surface area contributed by atoms with Gasteiger partial charge in [-0.2, -0.15) is 4.98 Å². The molecule has 0 aliphatic heterocycles. The molecule has 2 aromatic heterocycles. The van der Waals surface area contributed by atoms with Crippen LogP contribution in [0.2, 0.25) is 5.28 Å². The largest absolute Gasteiger partial charge is 0.319 e. The molecule has 62 valence electrons. The van der Waals surface area contributed by atoms with E-state index >= 15 is 0 Å². The highest BCUT2D eigenvalue weighted by Gasteiger charge is 2.06. The average molecular weight is 247 g/mol. The van der Waals surface area contributed by atoms with Gasteiger partial charge in [-0.25, -0.2) is 9.97 Å². The minimum Gasteiger partial charge on any atom is -0.319 e. The Morgan fingerprint density at radius 2 is 2.25 bits per heavy atom. The molecule has 0 amide bonds. The van der Waals surface area contributed by atoms with E-state index in [2.05, 4.69) is 30.9 Å². The van der Waals surface area contributed by atoms with E-state index in [4.69, 9.17) is 11.6 Å². The Labute approximate surface area is 81.7 Å². The molecule has 0 saturated heterocycles. The fourth-order valence-corrected chi connectivity index (χ4v) is 1.41. The molecule has 4 nitrogen and oxygen atoms in total. The van der Waals surface area contributed by atoms with E-state index in [1.807, 2.05) is 11.6 Å². The topological polar surface area (TPSA) is 43.6 Å². The predicted molar refractivity (Wildman–Crippen MR) is 49.0 cm³/mol. The zero-order valence-electron chi connectivity index (χ0n) is 6.12. The summed E-state index contributed by atoms with van der Waals surface area (Å²) in [5, 5.41) is 0.216. The number of nitrogens with zero attached hydrogens (tertiary/aromatic N) is 4. The molecule has 0 atom stereocenters. The van der Waals surface area contributed by atoms with E-state index in [1.165, 1.54) is 0 Å². The molecular weight excluding hydrogens is 243 g/mol. The Morgan fingerprint density at radius 1 is 1.50 bits per heavy atom. The number of aromatic nitrogens is 4. The summed E-state index contributed by atoms with van der Waals surface area (Å²) in [6.07, 6.45) is 1.64. The first-order chi connectivity index (χ1) is 5.68. The third kappa shape index (κ3) is 1.09. The number of halogens is 2. The van der Waals surface area contributed by atoms with Gasteiger partial charge in [0.25, 0.3) is 0 Å². The molecule has 0 spiro atoms. The second-order valence-electron chi connectivity index (χ2n) is 2.29. The van der Waals surface area contributed by atoms with E-state index < -0.39 is 0 Å². The van der Waals surface area contributed by atoms with Gasteiger partial charge in [-0.15, -0.1) is 0 Å². The summed E-state index contributed by atoms with van der Waals surface area (Å²) in [5.74, 6) is 0. The summed E-state index contributed by atoms with van der Waals surface area (Å²) in [6.45, 7) is 0. The third-order valence-corrected chi connectivity index (χ3v) is 2.45. The van der Waals surface area contributed by atoms with Crippen molar-refractivity contribution >= 4 is 38.7 Å². The maximum absolute atomic E-state index is 5.59. The van der Waals surface area contributed by atoms with E-state index in [1.54, 1.807) is 6.20 Å². The van der Waals surface area contributed by atoms with Gasteiger partial charge in [0.15, 0.2) is 10.4 Å². The standard InChI is InChI=1S/C6H4BrClN4/c1-12-3-2-9-6(8)11-4(3)10-5(12)7/h2H,1H3. The fourth-order valence-electron chi connectivity index (χ4n) is 0.926. The van der Waals surface area contributed by atoms with Crippen LogP contribution in [0.4, 0.5) is 0 Å². The average Bonchev–Trinajstić information content (AvgIpc) is 2.28. The highest BCUT2D eigenvalue weighted by Crippen LogP contribution is 2.16. The van der Waals surface area contributed by atoms with E-state index in [0.717, 1.165) is 5.52 Å². The molecule has 0 aliphatic carbocycles. The van der Waals surface area contributed by atoms with Crippen molar-refractivity contribution in [3.63, 3.8) is 0 Å². The van der Waals surface area contributed by atoms with Gasteiger partial charge in [0.1, 0.15) is 5.52 Å². The molecule has 0 saturated carbocycles. The first-order valence-corrected chi connectivity index (χ1v) is 4.36. The molecule has 0 N–H and O–H groups in total. The summed E-state index contributed by atoms with van der Waals surface area (Å²) in [7, 11) is 1.87. The quantitative estimate of drug-likeness (QED) is 0.526. The van der Waals surface area contributed by atoms with Crippen LogP contribution in [0.5, 0.6) is 0 Å². The van der Waals surface area contributed by atoms with Crippen molar-refractivity contribution in [2.24, 2.45) is 7.05 Å². The summed E-state index contributed by atoms with van der Waals surface area (Å²) >= 11 is 8.87.